The third-order valence-corrected chi connectivity index (χ3v) is 4.42. The van der Waals surface area contributed by atoms with Gasteiger partial charge in [0, 0.05) is 24.3 Å². The third-order valence-electron chi connectivity index (χ3n) is 3.54. The standard InChI is InChI=1S/C15H14O10S/c1-25-14(8-2-6(16)3-9(13(8)19)15(20)21)7-4-11(18)12(5-10(7)17)26(22,23)24/h2-5,14,16-19H,1H3,(H,20,21)(H,22,23,24). The Balaban J connectivity index is 2.71. The summed E-state index contributed by atoms with van der Waals surface area (Å²) in [6.45, 7) is 0. The zero-order valence-electron chi connectivity index (χ0n) is 13.1. The number of benzene rings is 2. The summed E-state index contributed by atoms with van der Waals surface area (Å²) in [5, 5.41) is 48.7. The Bertz CT molecular complexity index is 980. The van der Waals surface area contributed by atoms with Gasteiger partial charge in [-0.2, -0.15) is 8.42 Å². The molecule has 2 aromatic rings. The van der Waals surface area contributed by atoms with Crippen LogP contribution in [0, 0.1) is 0 Å². The Kier molecular flexibility index (Phi) is 4.98. The minimum Gasteiger partial charge on any atom is -0.508 e. The van der Waals surface area contributed by atoms with E-state index in [0.29, 0.717) is 6.07 Å². The molecule has 1 atom stereocenters. The first-order valence-corrected chi connectivity index (χ1v) is 8.26. The highest BCUT2D eigenvalue weighted by atomic mass is 32.2. The number of carboxylic acids is 1. The first-order valence-electron chi connectivity index (χ1n) is 6.82. The minimum absolute atomic E-state index is 0.255. The van der Waals surface area contributed by atoms with Gasteiger partial charge in [-0.25, -0.2) is 4.79 Å². The number of hydrogen-bond donors (Lipinski definition) is 6. The van der Waals surface area contributed by atoms with Crippen LogP contribution < -0.4 is 0 Å². The molecule has 11 heteroatoms. The predicted octanol–water partition coefficient (Wildman–Crippen LogP) is 1.19. The van der Waals surface area contributed by atoms with Gasteiger partial charge in [0.15, 0.2) is 0 Å². The van der Waals surface area contributed by atoms with Gasteiger partial charge in [0.25, 0.3) is 10.1 Å². The van der Waals surface area contributed by atoms with E-state index in [4.69, 9.17) is 14.4 Å². The van der Waals surface area contributed by atoms with Crippen LogP contribution in [0.3, 0.4) is 0 Å². The molecule has 0 bridgehead atoms. The van der Waals surface area contributed by atoms with Crippen LogP contribution in [-0.2, 0) is 14.9 Å². The average molecular weight is 386 g/mol. The van der Waals surface area contributed by atoms with Crippen molar-refractivity contribution in [2.75, 3.05) is 7.11 Å². The largest absolute Gasteiger partial charge is 0.508 e. The summed E-state index contributed by atoms with van der Waals surface area (Å²) >= 11 is 0. The fraction of sp³-hybridized carbons (Fsp3) is 0.133. The number of hydrogen-bond acceptors (Lipinski definition) is 8. The summed E-state index contributed by atoms with van der Waals surface area (Å²) in [6.07, 6.45) is -1.39. The molecule has 0 spiro atoms. The topological polar surface area (TPSA) is 182 Å². The zero-order valence-corrected chi connectivity index (χ0v) is 13.9. The summed E-state index contributed by atoms with van der Waals surface area (Å²) in [7, 11) is -3.69. The molecule has 0 heterocycles. The second kappa shape index (κ2) is 6.71. The lowest BCUT2D eigenvalue weighted by atomic mass is 9.96. The molecule has 0 aliphatic rings. The zero-order chi connectivity index (χ0) is 19.8. The highest BCUT2D eigenvalue weighted by molar-refractivity contribution is 7.86. The van der Waals surface area contributed by atoms with Crippen molar-refractivity contribution in [1.29, 1.82) is 0 Å². The molecule has 2 rings (SSSR count). The van der Waals surface area contributed by atoms with E-state index in [-0.39, 0.29) is 11.1 Å². The van der Waals surface area contributed by atoms with Gasteiger partial charge < -0.3 is 30.3 Å². The normalized spacial score (nSPS) is 12.7. The average Bonchev–Trinajstić information content (AvgIpc) is 2.52. The summed E-state index contributed by atoms with van der Waals surface area (Å²) < 4.78 is 36.4. The molecule has 140 valence electrons. The molecule has 0 saturated heterocycles. The Hall–Kier alpha value is -3.02. The van der Waals surface area contributed by atoms with E-state index >= 15 is 0 Å². The molecule has 6 N–H and O–H groups in total. The van der Waals surface area contributed by atoms with Crippen LogP contribution in [0.5, 0.6) is 23.0 Å². The van der Waals surface area contributed by atoms with E-state index in [1.807, 2.05) is 0 Å². The van der Waals surface area contributed by atoms with Crippen molar-refractivity contribution in [3.63, 3.8) is 0 Å². The highest BCUT2D eigenvalue weighted by Gasteiger charge is 2.28. The van der Waals surface area contributed by atoms with E-state index in [9.17, 15) is 33.6 Å². The van der Waals surface area contributed by atoms with Crippen molar-refractivity contribution in [3.05, 3.63) is 41.0 Å². The van der Waals surface area contributed by atoms with Crippen LogP contribution in [0.15, 0.2) is 29.2 Å². The van der Waals surface area contributed by atoms with Crippen LogP contribution in [0.25, 0.3) is 0 Å². The lowest BCUT2D eigenvalue weighted by Gasteiger charge is -2.20. The van der Waals surface area contributed by atoms with E-state index in [0.717, 1.165) is 25.3 Å². The number of phenolic OH excluding ortho intramolecular Hbond substituents is 3. The maximum absolute atomic E-state index is 11.2. The first-order chi connectivity index (χ1) is 12.0. The number of ether oxygens (including phenoxy) is 1. The Labute approximate surface area is 146 Å². The van der Waals surface area contributed by atoms with Crippen molar-refractivity contribution in [2.24, 2.45) is 0 Å². The number of carbonyl (C=O) groups is 1. The number of rotatable bonds is 5. The van der Waals surface area contributed by atoms with Gasteiger partial charge in [-0.1, -0.05) is 0 Å². The maximum Gasteiger partial charge on any atom is 0.339 e. The van der Waals surface area contributed by atoms with Crippen LogP contribution in [-0.4, -0.2) is 51.6 Å². The molecule has 2 aromatic carbocycles. The van der Waals surface area contributed by atoms with Crippen LogP contribution in [0.1, 0.15) is 27.6 Å². The fourth-order valence-corrected chi connectivity index (χ4v) is 3.00. The number of carboxylic acid groups (broad SMARTS) is 1. The van der Waals surface area contributed by atoms with E-state index in [1.165, 1.54) is 0 Å². The van der Waals surface area contributed by atoms with Gasteiger partial charge in [-0.15, -0.1) is 0 Å². The summed E-state index contributed by atoms with van der Waals surface area (Å²) in [6, 6.07) is 3.09. The molecule has 0 aliphatic carbocycles. The van der Waals surface area contributed by atoms with Crippen molar-refractivity contribution in [1.82, 2.24) is 0 Å². The van der Waals surface area contributed by atoms with Crippen LogP contribution >= 0.6 is 0 Å². The van der Waals surface area contributed by atoms with Crippen molar-refractivity contribution >= 4 is 16.1 Å². The molecule has 26 heavy (non-hydrogen) atoms. The third kappa shape index (κ3) is 3.49. The number of methoxy groups -OCH3 is 1. The smallest absolute Gasteiger partial charge is 0.339 e. The Morgan fingerprint density at radius 3 is 2.12 bits per heavy atom. The second-order valence-electron chi connectivity index (χ2n) is 5.21. The van der Waals surface area contributed by atoms with Crippen LogP contribution in [0.4, 0.5) is 0 Å². The predicted molar refractivity (Wildman–Crippen MR) is 85.2 cm³/mol. The van der Waals surface area contributed by atoms with Gasteiger partial charge in [-0.05, 0) is 18.2 Å². The molecule has 1 unspecified atom stereocenters. The molecule has 0 aromatic heterocycles. The van der Waals surface area contributed by atoms with Gasteiger partial charge in [0.05, 0.1) is 0 Å². The van der Waals surface area contributed by atoms with E-state index in [1.54, 1.807) is 0 Å². The van der Waals surface area contributed by atoms with Gasteiger partial charge in [0.1, 0.15) is 39.6 Å². The monoisotopic (exact) mass is 386 g/mol. The van der Waals surface area contributed by atoms with Gasteiger partial charge >= 0.3 is 5.97 Å². The lowest BCUT2D eigenvalue weighted by molar-refractivity contribution is 0.0692. The molecular weight excluding hydrogens is 372 g/mol. The van der Waals surface area contributed by atoms with Gasteiger partial charge in [-0.3, -0.25) is 4.55 Å². The SMILES string of the molecule is COC(c1cc(O)c(S(=O)(=O)O)cc1O)c1cc(O)cc(C(=O)O)c1O. The van der Waals surface area contributed by atoms with Crippen molar-refractivity contribution in [3.8, 4) is 23.0 Å². The van der Waals surface area contributed by atoms with E-state index in [2.05, 4.69) is 0 Å². The maximum atomic E-state index is 11.2. The number of phenols is 4. The minimum atomic E-state index is -4.82. The van der Waals surface area contributed by atoms with E-state index < -0.39 is 55.6 Å². The highest BCUT2D eigenvalue weighted by Crippen LogP contribution is 2.42. The molecule has 0 saturated carbocycles. The van der Waals surface area contributed by atoms with Crippen molar-refractivity contribution in [2.45, 2.75) is 11.0 Å². The molecule has 0 fully saturated rings. The lowest BCUT2D eigenvalue weighted by Crippen LogP contribution is -2.08. The summed E-state index contributed by atoms with van der Waals surface area (Å²) in [4.78, 5) is 10.2. The first kappa shape index (κ1) is 19.3. The quantitative estimate of drug-likeness (QED) is 0.322. The number of aromatic hydroxyl groups is 4. The second-order valence-corrected chi connectivity index (χ2v) is 6.60. The van der Waals surface area contributed by atoms with Gasteiger partial charge in [0.2, 0.25) is 0 Å². The van der Waals surface area contributed by atoms with Crippen LogP contribution in [0.2, 0.25) is 0 Å². The molecule has 0 aliphatic heterocycles. The molecule has 0 radical (unpaired) electrons. The Morgan fingerprint density at radius 2 is 1.62 bits per heavy atom. The Morgan fingerprint density at radius 1 is 1.00 bits per heavy atom. The molecular formula is C15H14O10S. The molecule has 10 nitrogen and oxygen atoms in total. The fourth-order valence-electron chi connectivity index (χ4n) is 2.42. The number of aromatic carboxylic acids is 1. The molecule has 0 amide bonds. The summed E-state index contributed by atoms with van der Waals surface area (Å²) in [5.41, 5.74) is -1.16. The summed E-state index contributed by atoms with van der Waals surface area (Å²) in [5.74, 6) is -4.47. The van der Waals surface area contributed by atoms with Crippen molar-refractivity contribution < 1.29 is 48.0 Å².